The molecule has 0 aromatic heterocycles. The van der Waals surface area contributed by atoms with Crippen LogP contribution in [-0.4, -0.2) is 42.1 Å². The number of amides is 1. The van der Waals surface area contributed by atoms with E-state index in [-0.39, 0.29) is 12.5 Å². The molecule has 5 heteroatoms. The van der Waals surface area contributed by atoms with Gasteiger partial charge < -0.3 is 14.9 Å². The molecular weight excluding hydrogens is 264 g/mol. The summed E-state index contributed by atoms with van der Waals surface area (Å²) < 4.78 is 0. The average molecular weight is 283 g/mol. The number of para-hydroxylation sites is 1. The molecule has 0 spiro atoms. The van der Waals surface area contributed by atoms with Crippen LogP contribution in [0.2, 0.25) is 5.02 Å². The topological polar surface area (TPSA) is 43.8 Å². The van der Waals surface area contributed by atoms with Gasteiger partial charge in [0.25, 0.3) is 0 Å². The average Bonchev–Trinajstić information content (AvgIpc) is 2.64. The molecule has 1 heterocycles. The van der Waals surface area contributed by atoms with E-state index in [0.717, 1.165) is 37.3 Å². The summed E-state index contributed by atoms with van der Waals surface area (Å²) in [5.74, 6) is 0.114. The molecule has 2 rings (SSSR count). The molecule has 0 aliphatic carbocycles. The zero-order valence-electron chi connectivity index (χ0n) is 11.1. The minimum absolute atomic E-state index is 0.0250. The molecule has 0 bridgehead atoms. The molecule has 1 N–H and O–H groups in total. The van der Waals surface area contributed by atoms with Crippen molar-refractivity contribution in [1.82, 2.24) is 4.90 Å². The SMILES string of the molecule is CC(=O)N1CCCN(c2c(Cl)cccc2CO)CC1. The molecule has 104 valence electrons. The molecular formula is C14H19ClN2O2. The highest BCUT2D eigenvalue weighted by molar-refractivity contribution is 6.33. The third-order valence-corrected chi connectivity index (χ3v) is 3.80. The fourth-order valence-electron chi connectivity index (χ4n) is 2.50. The lowest BCUT2D eigenvalue weighted by molar-refractivity contribution is -0.128. The van der Waals surface area contributed by atoms with E-state index < -0.39 is 0 Å². The quantitative estimate of drug-likeness (QED) is 0.901. The lowest BCUT2D eigenvalue weighted by Gasteiger charge is -2.26. The molecule has 1 amide bonds. The van der Waals surface area contributed by atoms with Crippen molar-refractivity contribution in [1.29, 1.82) is 0 Å². The molecule has 1 saturated heterocycles. The molecule has 0 saturated carbocycles. The lowest BCUT2D eigenvalue weighted by Crippen LogP contribution is -2.34. The second kappa shape index (κ2) is 6.26. The van der Waals surface area contributed by atoms with Crippen LogP contribution < -0.4 is 4.90 Å². The maximum Gasteiger partial charge on any atom is 0.219 e. The van der Waals surface area contributed by atoms with Crippen LogP contribution in [0.15, 0.2) is 18.2 Å². The van der Waals surface area contributed by atoms with Gasteiger partial charge in [0.05, 0.1) is 17.3 Å². The summed E-state index contributed by atoms with van der Waals surface area (Å²) in [5, 5.41) is 10.1. The molecule has 1 fully saturated rings. The molecule has 1 aromatic carbocycles. The second-order valence-electron chi connectivity index (χ2n) is 4.75. The van der Waals surface area contributed by atoms with Crippen LogP contribution in [-0.2, 0) is 11.4 Å². The number of benzene rings is 1. The van der Waals surface area contributed by atoms with Gasteiger partial charge in [-0.2, -0.15) is 0 Å². The number of aliphatic hydroxyl groups is 1. The molecule has 1 aliphatic rings. The van der Waals surface area contributed by atoms with E-state index in [2.05, 4.69) is 4.90 Å². The lowest BCUT2D eigenvalue weighted by atomic mass is 10.1. The van der Waals surface area contributed by atoms with Crippen molar-refractivity contribution in [3.05, 3.63) is 28.8 Å². The molecule has 19 heavy (non-hydrogen) atoms. The van der Waals surface area contributed by atoms with Crippen molar-refractivity contribution in [3.63, 3.8) is 0 Å². The van der Waals surface area contributed by atoms with E-state index >= 15 is 0 Å². The standard InChI is InChI=1S/C14H19ClN2O2/c1-11(19)16-6-3-7-17(9-8-16)14-12(10-18)4-2-5-13(14)15/h2,4-5,18H,3,6-10H2,1H3. The third-order valence-electron chi connectivity index (χ3n) is 3.50. The van der Waals surface area contributed by atoms with E-state index in [0.29, 0.717) is 11.6 Å². The molecule has 1 aromatic rings. The fourth-order valence-corrected chi connectivity index (χ4v) is 2.81. The number of halogens is 1. The van der Waals surface area contributed by atoms with Crippen molar-refractivity contribution in [2.45, 2.75) is 20.0 Å². The summed E-state index contributed by atoms with van der Waals surface area (Å²) in [6, 6.07) is 5.57. The van der Waals surface area contributed by atoms with Gasteiger partial charge in [0.1, 0.15) is 0 Å². The summed E-state index contributed by atoms with van der Waals surface area (Å²) >= 11 is 6.26. The minimum Gasteiger partial charge on any atom is -0.392 e. The molecule has 0 unspecified atom stereocenters. The predicted octanol–water partition coefficient (Wildman–Crippen LogP) is 1.89. The Morgan fingerprint density at radius 3 is 2.79 bits per heavy atom. The van der Waals surface area contributed by atoms with Crippen LogP contribution in [0.1, 0.15) is 18.9 Å². The number of rotatable bonds is 2. The van der Waals surface area contributed by atoms with Crippen LogP contribution in [0.5, 0.6) is 0 Å². The van der Waals surface area contributed by atoms with Crippen LogP contribution in [0, 0.1) is 0 Å². The van der Waals surface area contributed by atoms with Gasteiger partial charge in [0.15, 0.2) is 0 Å². The molecule has 0 atom stereocenters. The largest absolute Gasteiger partial charge is 0.392 e. The Bertz CT molecular complexity index is 465. The highest BCUT2D eigenvalue weighted by Crippen LogP contribution is 2.30. The van der Waals surface area contributed by atoms with Gasteiger partial charge in [-0.1, -0.05) is 23.7 Å². The number of hydrogen-bond acceptors (Lipinski definition) is 3. The molecule has 0 radical (unpaired) electrons. The Balaban J connectivity index is 2.21. The van der Waals surface area contributed by atoms with Gasteiger partial charge >= 0.3 is 0 Å². The van der Waals surface area contributed by atoms with Crippen LogP contribution in [0.4, 0.5) is 5.69 Å². The monoisotopic (exact) mass is 282 g/mol. The second-order valence-corrected chi connectivity index (χ2v) is 5.16. The first-order chi connectivity index (χ1) is 9.13. The Labute approximate surface area is 118 Å². The van der Waals surface area contributed by atoms with Crippen LogP contribution >= 0.6 is 11.6 Å². The third kappa shape index (κ3) is 3.19. The maximum absolute atomic E-state index is 11.4. The van der Waals surface area contributed by atoms with Gasteiger partial charge in [-0.05, 0) is 12.5 Å². The number of aliphatic hydroxyl groups excluding tert-OH is 1. The van der Waals surface area contributed by atoms with Crippen molar-refractivity contribution in [2.24, 2.45) is 0 Å². The van der Waals surface area contributed by atoms with Gasteiger partial charge in [-0.15, -0.1) is 0 Å². The van der Waals surface area contributed by atoms with E-state index in [4.69, 9.17) is 11.6 Å². The molecule has 4 nitrogen and oxygen atoms in total. The van der Waals surface area contributed by atoms with Crippen molar-refractivity contribution >= 4 is 23.2 Å². The van der Waals surface area contributed by atoms with Crippen LogP contribution in [0.25, 0.3) is 0 Å². The zero-order valence-corrected chi connectivity index (χ0v) is 11.9. The minimum atomic E-state index is -0.0250. The summed E-state index contributed by atoms with van der Waals surface area (Å²) in [6.45, 7) is 4.65. The fraction of sp³-hybridized carbons (Fsp3) is 0.500. The van der Waals surface area contributed by atoms with Gasteiger partial charge in [-0.3, -0.25) is 4.79 Å². The maximum atomic E-state index is 11.4. The Morgan fingerprint density at radius 2 is 2.11 bits per heavy atom. The van der Waals surface area contributed by atoms with Gasteiger partial charge in [-0.25, -0.2) is 0 Å². The Kier molecular flexibility index (Phi) is 4.66. The summed E-state index contributed by atoms with van der Waals surface area (Å²) in [4.78, 5) is 15.4. The number of anilines is 1. The highest BCUT2D eigenvalue weighted by Gasteiger charge is 2.20. The summed E-state index contributed by atoms with van der Waals surface area (Å²) in [6.07, 6.45) is 0.912. The number of nitrogens with zero attached hydrogens (tertiary/aromatic N) is 2. The Morgan fingerprint density at radius 1 is 1.32 bits per heavy atom. The van der Waals surface area contributed by atoms with E-state index in [1.54, 1.807) is 6.92 Å². The van der Waals surface area contributed by atoms with E-state index in [1.807, 2.05) is 23.1 Å². The smallest absolute Gasteiger partial charge is 0.219 e. The van der Waals surface area contributed by atoms with Gasteiger partial charge in [0, 0.05) is 38.7 Å². The van der Waals surface area contributed by atoms with Crippen LogP contribution in [0.3, 0.4) is 0 Å². The number of carbonyl (C=O) groups is 1. The first-order valence-electron chi connectivity index (χ1n) is 6.52. The van der Waals surface area contributed by atoms with Crippen molar-refractivity contribution < 1.29 is 9.90 Å². The van der Waals surface area contributed by atoms with E-state index in [9.17, 15) is 9.90 Å². The summed E-state index contributed by atoms with van der Waals surface area (Å²) in [7, 11) is 0. The molecule has 1 aliphatic heterocycles. The zero-order chi connectivity index (χ0) is 13.8. The first-order valence-corrected chi connectivity index (χ1v) is 6.90. The normalized spacial score (nSPS) is 16.4. The van der Waals surface area contributed by atoms with Crippen molar-refractivity contribution in [2.75, 3.05) is 31.1 Å². The highest BCUT2D eigenvalue weighted by atomic mass is 35.5. The number of hydrogen-bond donors (Lipinski definition) is 1. The number of carbonyl (C=O) groups excluding carboxylic acids is 1. The van der Waals surface area contributed by atoms with Crippen molar-refractivity contribution in [3.8, 4) is 0 Å². The first kappa shape index (κ1) is 14.2. The summed E-state index contributed by atoms with van der Waals surface area (Å²) in [5.41, 5.74) is 1.74. The predicted molar refractivity (Wildman–Crippen MR) is 76.5 cm³/mol. The van der Waals surface area contributed by atoms with E-state index in [1.165, 1.54) is 0 Å². The Hall–Kier alpha value is -1.26. The van der Waals surface area contributed by atoms with Gasteiger partial charge in [0.2, 0.25) is 5.91 Å².